The topological polar surface area (TPSA) is 70.2 Å². The van der Waals surface area contributed by atoms with Crippen molar-refractivity contribution in [3.8, 4) is 0 Å². The third-order valence-electron chi connectivity index (χ3n) is 3.89. The highest BCUT2D eigenvalue weighted by Crippen LogP contribution is 2.28. The largest absolute Gasteiger partial charge is 0.354 e. The molecule has 0 aromatic carbocycles. The molecule has 0 saturated heterocycles. The summed E-state index contributed by atoms with van der Waals surface area (Å²) < 4.78 is 0. The number of hydrogen-bond donors (Lipinski definition) is 3. The van der Waals surface area contributed by atoms with Gasteiger partial charge in [0.25, 0.3) is 0 Å². The molecule has 1 saturated carbocycles. The lowest BCUT2D eigenvalue weighted by molar-refractivity contribution is -0.135. The maximum absolute atomic E-state index is 12.4. The molecule has 3 N–H and O–H groups in total. The first-order valence-corrected chi connectivity index (χ1v) is 7.88. The lowest BCUT2D eigenvalue weighted by Gasteiger charge is -2.36. The maximum Gasteiger partial charge on any atom is 0.245 e. The second-order valence-electron chi connectivity index (χ2n) is 5.65. The summed E-state index contributed by atoms with van der Waals surface area (Å²) in [7, 11) is 1.87. The highest BCUT2D eigenvalue weighted by Gasteiger charge is 2.40. The third-order valence-corrected chi connectivity index (χ3v) is 3.89. The number of rotatable bonds is 8. The fourth-order valence-electron chi connectivity index (χ4n) is 2.73. The monoisotopic (exact) mass is 283 g/mol. The molecule has 5 heteroatoms. The molecular formula is C15H29N3O2. The molecule has 0 bridgehead atoms. The number of amides is 2. The molecule has 0 aromatic rings. The average molecular weight is 283 g/mol. The van der Waals surface area contributed by atoms with Gasteiger partial charge in [-0.3, -0.25) is 9.59 Å². The van der Waals surface area contributed by atoms with E-state index >= 15 is 0 Å². The van der Waals surface area contributed by atoms with Crippen molar-refractivity contribution in [3.63, 3.8) is 0 Å². The van der Waals surface area contributed by atoms with Crippen molar-refractivity contribution in [2.75, 3.05) is 20.1 Å². The fourth-order valence-corrected chi connectivity index (χ4v) is 2.73. The first kappa shape index (κ1) is 17.0. The molecule has 0 heterocycles. The van der Waals surface area contributed by atoms with Crippen LogP contribution >= 0.6 is 0 Å². The van der Waals surface area contributed by atoms with Crippen LogP contribution in [0.5, 0.6) is 0 Å². The lowest BCUT2D eigenvalue weighted by atomic mass is 9.80. The molecule has 0 aliphatic heterocycles. The summed E-state index contributed by atoms with van der Waals surface area (Å²) >= 11 is 0. The Morgan fingerprint density at radius 3 is 2.40 bits per heavy atom. The number of hydrogen-bond acceptors (Lipinski definition) is 3. The summed E-state index contributed by atoms with van der Waals surface area (Å²) in [5.41, 5.74) is -0.663. The van der Waals surface area contributed by atoms with Crippen LogP contribution in [0.1, 0.15) is 58.3 Å². The van der Waals surface area contributed by atoms with E-state index in [2.05, 4.69) is 16.0 Å². The Morgan fingerprint density at radius 1 is 1.10 bits per heavy atom. The van der Waals surface area contributed by atoms with E-state index in [1.165, 1.54) is 0 Å². The first-order chi connectivity index (χ1) is 9.64. The molecule has 116 valence electrons. The fraction of sp³-hybridized carbons (Fsp3) is 0.867. The van der Waals surface area contributed by atoms with Crippen molar-refractivity contribution in [3.05, 3.63) is 0 Å². The van der Waals surface area contributed by atoms with Crippen molar-refractivity contribution < 1.29 is 9.59 Å². The maximum atomic E-state index is 12.4. The second kappa shape index (κ2) is 8.95. The predicted octanol–water partition coefficient (Wildman–Crippen LogP) is 1.33. The van der Waals surface area contributed by atoms with Crippen molar-refractivity contribution in [2.45, 2.75) is 63.8 Å². The van der Waals surface area contributed by atoms with Crippen LogP contribution in [0.2, 0.25) is 0 Å². The average Bonchev–Trinajstić information content (AvgIpc) is 2.46. The Morgan fingerprint density at radius 2 is 1.80 bits per heavy atom. The van der Waals surface area contributed by atoms with Crippen LogP contribution in [0, 0.1) is 0 Å². The summed E-state index contributed by atoms with van der Waals surface area (Å²) in [6.45, 7) is 3.53. The van der Waals surface area contributed by atoms with E-state index in [1.54, 1.807) is 0 Å². The zero-order valence-corrected chi connectivity index (χ0v) is 12.9. The van der Waals surface area contributed by atoms with Crippen LogP contribution in [-0.2, 0) is 9.59 Å². The van der Waals surface area contributed by atoms with Gasteiger partial charge in [0.05, 0.1) is 0 Å². The van der Waals surface area contributed by atoms with Crippen LogP contribution in [0.3, 0.4) is 0 Å². The zero-order valence-electron chi connectivity index (χ0n) is 12.9. The van der Waals surface area contributed by atoms with Crippen molar-refractivity contribution >= 4 is 11.8 Å². The minimum Gasteiger partial charge on any atom is -0.354 e. The SMILES string of the molecule is CCCNC(=O)C1(NC(=O)CCCNC)CCCCC1. The molecule has 20 heavy (non-hydrogen) atoms. The summed E-state index contributed by atoms with van der Waals surface area (Å²) in [4.78, 5) is 24.5. The van der Waals surface area contributed by atoms with Gasteiger partial charge in [0, 0.05) is 13.0 Å². The van der Waals surface area contributed by atoms with Crippen LogP contribution in [0.15, 0.2) is 0 Å². The third kappa shape index (κ3) is 5.12. The molecule has 0 unspecified atom stereocenters. The van der Waals surface area contributed by atoms with E-state index in [9.17, 15) is 9.59 Å². The van der Waals surface area contributed by atoms with Gasteiger partial charge in [0.1, 0.15) is 5.54 Å². The van der Waals surface area contributed by atoms with E-state index in [-0.39, 0.29) is 11.8 Å². The molecule has 1 aliphatic rings. The van der Waals surface area contributed by atoms with E-state index < -0.39 is 5.54 Å². The van der Waals surface area contributed by atoms with Crippen molar-refractivity contribution in [1.82, 2.24) is 16.0 Å². The molecule has 0 atom stereocenters. The Bertz CT molecular complexity index is 312. The normalized spacial score (nSPS) is 17.5. The lowest BCUT2D eigenvalue weighted by Crippen LogP contribution is -2.59. The summed E-state index contributed by atoms with van der Waals surface area (Å²) in [5, 5.41) is 9.00. The number of carbonyl (C=O) groups is 2. The van der Waals surface area contributed by atoms with Gasteiger partial charge in [0.15, 0.2) is 0 Å². The summed E-state index contributed by atoms with van der Waals surface area (Å²) in [6, 6.07) is 0. The minimum absolute atomic E-state index is 0.000941. The first-order valence-electron chi connectivity index (χ1n) is 7.88. The molecule has 2 amide bonds. The number of nitrogens with one attached hydrogen (secondary N) is 3. The minimum atomic E-state index is -0.663. The Kier molecular flexibility index (Phi) is 7.59. The predicted molar refractivity (Wildman–Crippen MR) is 80.4 cm³/mol. The van der Waals surface area contributed by atoms with Gasteiger partial charge in [-0.1, -0.05) is 26.2 Å². The molecule has 0 spiro atoms. The van der Waals surface area contributed by atoms with Crippen molar-refractivity contribution in [2.24, 2.45) is 0 Å². The number of carbonyl (C=O) groups excluding carboxylic acids is 2. The van der Waals surface area contributed by atoms with Gasteiger partial charge in [-0.25, -0.2) is 0 Å². The van der Waals surface area contributed by atoms with Gasteiger partial charge in [-0.05, 0) is 39.3 Å². The molecule has 0 aromatic heterocycles. The zero-order chi connectivity index (χ0) is 14.8. The van der Waals surface area contributed by atoms with E-state index in [4.69, 9.17) is 0 Å². The summed E-state index contributed by atoms with van der Waals surface area (Å²) in [5.74, 6) is -0.00480. The highest BCUT2D eigenvalue weighted by molar-refractivity contribution is 5.91. The second-order valence-corrected chi connectivity index (χ2v) is 5.65. The van der Waals surface area contributed by atoms with Gasteiger partial charge >= 0.3 is 0 Å². The molecule has 1 fully saturated rings. The highest BCUT2D eigenvalue weighted by atomic mass is 16.2. The molecule has 0 radical (unpaired) electrons. The Balaban J connectivity index is 2.58. The smallest absolute Gasteiger partial charge is 0.245 e. The molecule has 1 aliphatic carbocycles. The Labute approximate surface area is 122 Å². The van der Waals surface area contributed by atoms with E-state index in [1.807, 2.05) is 14.0 Å². The van der Waals surface area contributed by atoms with Gasteiger partial charge < -0.3 is 16.0 Å². The summed E-state index contributed by atoms with van der Waals surface area (Å²) in [6.07, 6.45) is 6.89. The van der Waals surface area contributed by atoms with Crippen LogP contribution < -0.4 is 16.0 Å². The van der Waals surface area contributed by atoms with Crippen LogP contribution in [-0.4, -0.2) is 37.5 Å². The van der Waals surface area contributed by atoms with E-state index in [0.29, 0.717) is 13.0 Å². The Hall–Kier alpha value is -1.10. The quantitative estimate of drug-likeness (QED) is 0.589. The van der Waals surface area contributed by atoms with Crippen LogP contribution in [0.4, 0.5) is 0 Å². The van der Waals surface area contributed by atoms with Gasteiger partial charge in [-0.15, -0.1) is 0 Å². The molecular weight excluding hydrogens is 254 g/mol. The van der Waals surface area contributed by atoms with Crippen LogP contribution in [0.25, 0.3) is 0 Å². The van der Waals surface area contributed by atoms with Crippen molar-refractivity contribution in [1.29, 1.82) is 0 Å². The van der Waals surface area contributed by atoms with Gasteiger partial charge in [-0.2, -0.15) is 0 Å². The van der Waals surface area contributed by atoms with E-state index in [0.717, 1.165) is 51.5 Å². The standard InChI is InChI=1S/C15H29N3O2/c1-3-11-17-14(20)15(9-5-4-6-10-15)18-13(19)8-7-12-16-2/h16H,3-12H2,1-2H3,(H,17,20)(H,18,19). The van der Waals surface area contributed by atoms with Gasteiger partial charge in [0.2, 0.25) is 11.8 Å². The molecule has 5 nitrogen and oxygen atoms in total. The molecule has 1 rings (SSSR count).